The Morgan fingerprint density at radius 2 is 2.00 bits per heavy atom. The van der Waals surface area contributed by atoms with Gasteiger partial charge in [-0.2, -0.15) is 4.98 Å². The molecule has 0 bridgehead atoms. The first-order valence-electron chi connectivity index (χ1n) is 5.44. The van der Waals surface area contributed by atoms with Crippen molar-refractivity contribution < 1.29 is 0 Å². The fraction of sp³-hybridized carbons (Fsp3) is 0.455. The summed E-state index contributed by atoms with van der Waals surface area (Å²) < 4.78 is 0. The van der Waals surface area contributed by atoms with E-state index in [2.05, 4.69) is 33.9 Å². The van der Waals surface area contributed by atoms with Crippen LogP contribution in [-0.2, 0) is 0 Å². The number of thiophene rings is 1. The molecule has 0 spiro atoms. The predicted octanol–water partition coefficient (Wildman–Crippen LogP) is 1.27. The number of likely N-dealkylation sites (N-methyl/N-ethyl adjacent to an activating group) is 2. The van der Waals surface area contributed by atoms with Gasteiger partial charge in [0.1, 0.15) is 10.6 Å². The van der Waals surface area contributed by atoms with Crippen molar-refractivity contribution >= 4 is 33.3 Å². The van der Waals surface area contributed by atoms with Gasteiger partial charge in [0.25, 0.3) is 0 Å². The molecule has 6 heteroatoms. The van der Waals surface area contributed by atoms with Crippen LogP contribution in [-0.4, -0.2) is 49.1 Å². The van der Waals surface area contributed by atoms with Gasteiger partial charge in [-0.25, -0.2) is 4.98 Å². The van der Waals surface area contributed by atoms with Gasteiger partial charge in [-0.3, -0.25) is 0 Å². The highest BCUT2D eigenvalue weighted by molar-refractivity contribution is 7.16. The fourth-order valence-corrected chi connectivity index (χ4v) is 2.37. The molecule has 0 saturated carbocycles. The zero-order chi connectivity index (χ0) is 12.4. The van der Waals surface area contributed by atoms with Gasteiger partial charge in [0.2, 0.25) is 5.95 Å². The Balaban J connectivity index is 2.30. The molecular formula is C11H17N5S. The minimum Gasteiger partial charge on any atom is -0.368 e. The molecule has 5 nitrogen and oxygen atoms in total. The third-order valence-electron chi connectivity index (χ3n) is 2.57. The van der Waals surface area contributed by atoms with Crippen molar-refractivity contribution in [2.45, 2.75) is 0 Å². The van der Waals surface area contributed by atoms with E-state index in [1.165, 1.54) is 0 Å². The van der Waals surface area contributed by atoms with Gasteiger partial charge < -0.3 is 15.5 Å². The van der Waals surface area contributed by atoms with Crippen molar-refractivity contribution in [1.29, 1.82) is 0 Å². The molecule has 0 aliphatic carbocycles. The summed E-state index contributed by atoms with van der Waals surface area (Å²) in [6.45, 7) is 1.89. The lowest BCUT2D eigenvalue weighted by atomic mass is 10.3. The van der Waals surface area contributed by atoms with Crippen molar-refractivity contribution in [3.8, 4) is 0 Å². The Morgan fingerprint density at radius 1 is 1.24 bits per heavy atom. The number of rotatable bonds is 4. The van der Waals surface area contributed by atoms with E-state index in [4.69, 9.17) is 5.73 Å². The minimum absolute atomic E-state index is 0.339. The van der Waals surface area contributed by atoms with Gasteiger partial charge in [0, 0.05) is 20.1 Å². The quantitative estimate of drug-likeness (QED) is 0.887. The molecule has 2 aromatic heterocycles. The summed E-state index contributed by atoms with van der Waals surface area (Å²) in [4.78, 5) is 13.8. The number of hydrogen-bond acceptors (Lipinski definition) is 6. The van der Waals surface area contributed by atoms with E-state index in [0.717, 1.165) is 29.1 Å². The average molecular weight is 251 g/mol. The minimum atomic E-state index is 0.339. The molecule has 2 rings (SSSR count). The number of nitrogens with zero attached hydrogens (tertiary/aromatic N) is 4. The van der Waals surface area contributed by atoms with Crippen molar-refractivity contribution in [1.82, 2.24) is 14.9 Å². The highest BCUT2D eigenvalue weighted by atomic mass is 32.1. The van der Waals surface area contributed by atoms with Crippen LogP contribution < -0.4 is 10.6 Å². The van der Waals surface area contributed by atoms with Gasteiger partial charge in [-0.15, -0.1) is 11.3 Å². The van der Waals surface area contributed by atoms with Crippen LogP contribution in [0.2, 0.25) is 0 Å². The predicted molar refractivity (Wildman–Crippen MR) is 73.7 cm³/mol. The number of aromatic nitrogens is 2. The number of hydrogen-bond donors (Lipinski definition) is 1. The maximum Gasteiger partial charge on any atom is 0.223 e. The lowest BCUT2D eigenvalue weighted by Crippen LogP contribution is -2.29. The molecule has 2 aromatic rings. The maximum atomic E-state index is 5.72. The van der Waals surface area contributed by atoms with Gasteiger partial charge >= 0.3 is 0 Å². The van der Waals surface area contributed by atoms with E-state index in [0.29, 0.717) is 5.95 Å². The van der Waals surface area contributed by atoms with Gasteiger partial charge in [0.05, 0.1) is 5.39 Å². The van der Waals surface area contributed by atoms with Crippen LogP contribution in [0, 0.1) is 0 Å². The van der Waals surface area contributed by atoms with Crippen LogP contribution >= 0.6 is 11.3 Å². The lowest BCUT2D eigenvalue weighted by molar-refractivity contribution is 0.416. The summed E-state index contributed by atoms with van der Waals surface area (Å²) in [5.41, 5.74) is 5.72. The topological polar surface area (TPSA) is 58.3 Å². The van der Waals surface area contributed by atoms with E-state index in [9.17, 15) is 0 Å². The summed E-state index contributed by atoms with van der Waals surface area (Å²) in [6.07, 6.45) is 0. The van der Waals surface area contributed by atoms with Crippen molar-refractivity contribution in [3.05, 3.63) is 11.4 Å². The number of nitrogen functional groups attached to an aromatic ring is 1. The van der Waals surface area contributed by atoms with E-state index in [1.807, 2.05) is 18.5 Å². The fourth-order valence-electron chi connectivity index (χ4n) is 1.60. The third kappa shape index (κ3) is 2.65. The van der Waals surface area contributed by atoms with Gasteiger partial charge in [0.15, 0.2) is 0 Å². The first kappa shape index (κ1) is 12.1. The molecular weight excluding hydrogens is 234 g/mol. The highest BCUT2D eigenvalue weighted by Crippen LogP contribution is 2.27. The molecule has 0 atom stereocenters. The SMILES string of the molecule is CN(C)CCN(C)c1nc(N)nc2sccc12. The van der Waals surface area contributed by atoms with Gasteiger partial charge in [-0.1, -0.05) is 0 Å². The monoisotopic (exact) mass is 251 g/mol. The summed E-state index contributed by atoms with van der Waals surface area (Å²) >= 11 is 1.59. The van der Waals surface area contributed by atoms with Crippen LogP contribution in [0.5, 0.6) is 0 Å². The van der Waals surface area contributed by atoms with Crippen molar-refractivity contribution in [2.24, 2.45) is 0 Å². The van der Waals surface area contributed by atoms with Crippen LogP contribution in [0.3, 0.4) is 0 Å². The number of fused-ring (bicyclic) bond motifs is 1. The van der Waals surface area contributed by atoms with Gasteiger partial charge in [-0.05, 0) is 25.5 Å². The van der Waals surface area contributed by atoms with E-state index < -0.39 is 0 Å². The zero-order valence-electron chi connectivity index (χ0n) is 10.3. The second kappa shape index (κ2) is 4.85. The zero-order valence-corrected chi connectivity index (χ0v) is 11.2. The molecule has 2 heterocycles. The maximum absolute atomic E-state index is 5.72. The average Bonchev–Trinajstić information content (AvgIpc) is 2.72. The molecule has 2 N–H and O–H groups in total. The van der Waals surface area contributed by atoms with E-state index >= 15 is 0 Å². The second-order valence-corrected chi connectivity index (χ2v) is 5.16. The molecule has 0 aromatic carbocycles. The first-order chi connectivity index (χ1) is 8.08. The molecule has 0 amide bonds. The Bertz CT molecular complexity index is 508. The molecule has 17 heavy (non-hydrogen) atoms. The van der Waals surface area contributed by atoms with Crippen LogP contribution in [0.25, 0.3) is 10.2 Å². The first-order valence-corrected chi connectivity index (χ1v) is 6.32. The largest absolute Gasteiger partial charge is 0.368 e. The van der Waals surface area contributed by atoms with E-state index in [-0.39, 0.29) is 0 Å². The normalized spacial score (nSPS) is 11.3. The smallest absolute Gasteiger partial charge is 0.223 e. The summed E-state index contributed by atoms with van der Waals surface area (Å²) in [7, 11) is 6.15. The summed E-state index contributed by atoms with van der Waals surface area (Å²) in [5.74, 6) is 1.25. The third-order valence-corrected chi connectivity index (χ3v) is 3.37. The van der Waals surface area contributed by atoms with E-state index in [1.54, 1.807) is 11.3 Å². The Kier molecular flexibility index (Phi) is 3.44. The molecule has 0 aliphatic heterocycles. The molecule has 0 aliphatic rings. The summed E-state index contributed by atoms with van der Waals surface area (Å²) in [6, 6.07) is 2.04. The van der Waals surface area contributed by atoms with Crippen LogP contribution in [0.1, 0.15) is 0 Å². The molecule has 0 saturated heterocycles. The molecule has 0 radical (unpaired) electrons. The van der Waals surface area contributed by atoms with Crippen LogP contribution in [0.15, 0.2) is 11.4 Å². The number of anilines is 2. The standard InChI is InChI=1S/C11H17N5S/c1-15(2)5-6-16(3)9-8-4-7-17-10(8)14-11(12)13-9/h4,7H,5-6H2,1-3H3,(H2,12,13,14). The Hall–Kier alpha value is -1.40. The van der Waals surface area contributed by atoms with Crippen LogP contribution in [0.4, 0.5) is 11.8 Å². The number of nitrogens with two attached hydrogens (primary N) is 1. The van der Waals surface area contributed by atoms with Crippen molar-refractivity contribution in [3.63, 3.8) is 0 Å². The summed E-state index contributed by atoms with van der Waals surface area (Å²) in [5, 5.41) is 3.09. The highest BCUT2D eigenvalue weighted by Gasteiger charge is 2.11. The Labute approximate surface area is 105 Å². The Morgan fingerprint density at radius 3 is 2.71 bits per heavy atom. The lowest BCUT2D eigenvalue weighted by Gasteiger charge is -2.21. The molecule has 0 fully saturated rings. The second-order valence-electron chi connectivity index (χ2n) is 4.27. The molecule has 92 valence electrons. The molecule has 0 unspecified atom stereocenters. The van der Waals surface area contributed by atoms with Crippen molar-refractivity contribution in [2.75, 3.05) is 44.9 Å².